The predicted octanol–water partition coefficient (Wildman–Crippen LogP) is 2.42. The van der Waals surface area contributed by atoms with E-state index < -0.39 is 5.91 Å². The molecule has 1 aromatic carbocycles. The summed E-state index contributed by atoms with van der Waals surface area (Å²) < 4.78 is 4.38. The SMILES string of the molecule is CCC(C)c1ccc(NC(=O)c2nonc2N)cc1. The van der Waals surface area contributed by atoms with Crippen molar-refractivity contribution >= 4 is 17.4 Å². The van der Waals surface area contributed by atoms with Crippen molar-refractivity contribution in [1.29, 1.82) is 0 Å². The summed E-state index contributed by atoms with van der Waals surface area (Å²) in [5, 5.41) is 9.49. The highest BCUT2D eigenvalue weighted by atomic mass is 16.6. The van der Waals surface area contributed by atoms with E-state index in [1.165, 1.54) is 5.56 Å². The van der Waals surface area contributed by atoms with Crippen LogP contribution in [0.15, 0.2) is 28.9 Å². The lowest BCUT2D eigenvalue weighted by molar-refractivity contribution is 0.101. The molecule has 0 saturated heterocycles. The second-order valence-corrected chi connectivity index (χ2v) is 4.38. The van der Waals surface area contributed by atoms with Gasteiger partial charge in [-0.05, 0) is 40.3 Å². The molecule has 0 fully saturated rings. The zero-order valence-electron chi connectivity index (χ0n) is 10.9. The number of benzene rings is 1. The van der Waals surface area contributed by atoms with Gasteiger partial charge in [0.25, 0.3) is 5.91 Å². The number of carbonyl (C=O) groups is 1. The van der Waals surface area contributed by atoms with Gasteiger partial charge in [-0.25, -0.2) is 4.63 Å². The van der Waals surface area contributed by atoms with Crippen LogP contribution < -0.4 is 11.1 Å². The summed E-state index contributed by atoms with van der Waals surface area (Å²) in [4.78, 5) is 11.8. The normalized spacial score (nSPS) is 12.1. The number of carbonyl (C=O) groups excluding carboxylic acids is 1. The molecule has 0 aliphatic carbocycles. The monoisotopic (exact) mass is 260 g/mol. The lowest BCUT2D eigenvalue weighted by Crippen LogP contribution is -2.14. The largest absolute Gasteiger partial charge is 0.379 e. The highest BCUT2D eigenvalue weighted by molar-refractivity contribution is 6.05. The number of nitrogens with one attached hydrogen (secondary N) is 1. The average molecular weight is 260 g/mol. The predicted molar refractivity (Wildman–Crippen MR) is 71.8 cm³/mol. The number of nitrogens with two attached hydrogens (primary N) is 1. The van der Waals surface area contributed by atoms with Crippen molar-refractivity contribution in [2.75, 3.05) is 11.1 Å². The van der Waals surface area contributed by atoms with Crippen LogP contribution in [0.2, 0.25) is 0 Å². The van der Waals surface area contributed by atoms with Gasteiger partial charge in [0.15, 0.2) is 0 Å². The maximum absolute atomic E-state index is 11.8. The van der Waals surface area contributed by atoms with E-state index in [1.54, 1.807) is 0 Å². The van der Waals surface area contributed by atoms with Crippen LogP contribution in [0.5, 0.6) is 0 Å². The first-order chi connectivity index (χ1) is 9.11. The Morgan fingerprint density at radius 2 is 2.05 bits per heavy atom. The van der Waals surface area contributed by atoms with E-state index in [4.69, 9.17) is 5.73 Å². The minimum absolute atomic E-state index is 0.00833. The van der Waals surface area contributed by atoms with Crippen LogP contribution in [0.4, 0.5) is 11.5 Å². The van der Waals surface area contributed by atoms with Gasteiger partial charge in [-0.2, -0.15) is 0 Å². The van der Waals surface area contributed by atoms with Gasteiger partial charge in [0.05, 0.1) is 0 Å². The minimum Gasteiger partial charge on any atom is -0.379 e. The van der Waals surface area contributed by atoms with Gasteiger partial charge in [0.1, 0.15) is 0 Å². The summed E-state index contributed by atoms with van der Waals surface area (Å²) in [6.45, 7) is 4.30. The molecule has 2 rings (SSSR count). The summed E-state index contributed by atoms with van der Waals surface area (Å²) in [7, 11) is 0. The first kappa shape index (κ1) is 13.1. The standard InChI is InChI=1S/C13H16N4O2/c1-3-8(2)9-4-6-10(7-5-9)15-13(18)11-12(14)17-19-16-11/h4-8H,3H2,1-2H3,(H2,14,17)(H,15,18). The summed E-state index contributed by atoms with van der Waals surface area (Å²) in [5.74, 6) is 0.0453. The van der Waals surface area contributed by atoms with Crippen molar-refractivity contribution in [1.82, 2.24) is 10.3 Å². The molecule has 1 aromatic heterocycles. The molecule has 6 nitrogen and oxygen atoms in total. The van der Waals surface area contributed by atoms with Crippen LogP contribution in [0.3, 0.4) is 0 Å². The van der Waals surface area contributed by atoms with Crippen LogP contribution >= 0.6 is 0 Å². The second-order valence-electron chi connectivity index (χ2n) is 4.38. The molecule has 0 radical (unpaired) electrons. The van der Waals surface area contributed by atoms with Gasteiger partial charge in [0.2, 0.25) is 11.5 Å². The summed E-state index contributed by atoms with van der Waals surface area (Å²) in [6, 6.07) is 7.69. The third kappa shape index (κ3) is 2.90. The molecule has 0 aliphatic rings. The lowest BCUT2D eigenvalue weighted by atomic mass is 9.99. The third-order valence-electron chi connectivity index (χ3n) is 3.08. The van der Waals surface area contributed by atoms with E-state index in [0.717, 1.165) is 6.42 Å². The van der Waals surface area contributed by atoms with Gasteiger partial charge >= 0.3 is 0 Å². The van der Waals surface area contributed by atoms with Gasteiger partial charge in [-0.15, -0.1) is 0 Å². The number of amides is 1. The average Bonchev–Trinajstić information content (AvgIpc) is 2.85. The van der Waals surface area contributed by atoms with Crippen molar-refractivity contribution in [2.45, 2.75) is 26.2 Å². The molecule has 1 unspecified atom stereocenters. The van der Waals surface area contributed by atoms with Crippen molar-refractivity contribution in [3.63, 3.8) is 0 Å². The maximum Gasteiger partial charge on any atom is 0.281 e. The summed E-state index contributed by atoms with van der Waals surface area (Å²) in [5.41, 5.74) is 7.36. The molecule has 1 heterocycles. The maximum atomic E-state index is 11.8. The number of hydrogen-bond donors (Lipinski definition) is 2. The molecular weight excluding hydrogens is 244 g/mol. The molecule has 0 aliphatic heterocycles. The molecule has 2 aromatic rings. The Kier molecular flexibility index (Phi) is 3.79. The molecule has 1 amide bonds. The van der Waals surface area contributed by atoms with Crippen LogP contribution in [-0.4, -0.2) is 16.2 Å². The molecule has 3 N–H and O–H groups in total. The van der Waals surface area contributed by atoms with Crippen molar-refractivity contribution in [3.8, 4) is 0 Å². The Labute approximate surface area is 111 Å². The van der Waals surface area contributed by atoms with Gasteiger partial charge in [-0.1, -0.05) is 26.0 Å². The van der Waals surface area contributed by atoms with Gasteiger partial charge < -0.3 is 11.1 Å². The highest BCUT2D eigenvalue weighted by Gasteiger charge is 2.16. The van der Waals surface area contributed by atoms with E-state index in [0.29, 0.717) is 11.6 Å². The topological polar surface area (TPSA) is 94.0 Å². The molecule has 100 valence electrons. The lowest BCUT2D eigenvalue weighted by Gasteiger charge is -2.10. The van der Waals surface area contributed by atoms with E-state index >= 15 is 0 Å². The van der Waals surface area contributed by atoms with Crippen LogP contribution in [0.25, 0.3) is 0 Å². The van der Waals surface area contributed by atoms with E-state index in [1.807, 2.05) is 24.3 Å². The Bertz CT molecular complexity index is 562. The van der Waals surface area contributed by atoms with E-state index in [2.05, 4.69) is 34.1 Å². The van der Waals surface area contributed by atoms with Crippen LogP contribution in [0.1, 0.15) is 42.2 Å². The second kappa shape index (κ2) is 5.51. The number of rotatable bonds is 4. The Hall–Kier alpha value is -2.37. The van der Waals surface area contributed by atoms with E-state index in [9.17, 15) is 4.79 Å². The molecule has 0 spiro atoms. The fourth-order valence-electron chi connectivity index (χ4n) is 1.67. The molecule has 1 atom stereocenters. The molecule has 0 saturated carbocycles. The van der Waals surface area contributed by atoms with Crippen LogP contribution in [0, 0.1) is 0 Å². The molecule has 0 bridgehead atoms. The molecule has 19 heavy (non-hydrogen) atoms. The number of nitrogen functional groups attached to an aromatic ring is 1. The first-order valence-electron chi connectivity index (χ1n) is 6.11. The number of anilines is 2. The Morgan fingerprint density at radius 1 is 1.37 bits per heavy atom. The molecule has 6 heteroatoms. The van der Waals surface area contributed by atoms with Gasteiger partial charge in [0, 0.05) is 5.69 Å². The summed E-state index contributed by atoms with van der Waals surface area (Å²) >= 11 is 0. The van der Waals surface area contributed by atoms with Gasteiger partial charge in [-0.3, -0.25) is 4.79 Å². The highest BCUT2D eigenvalue weighted by Crippen LogP contribution is 2.20. The van der Waals surface area contributed by atoms with Crippen LogP contribution in [-0.2, 0) is 0 Å². The Morgan fingerprint density at radius 3 is 2.58 bits per heavy atom. The van der Waals surface area contributed by atoms with E-state index in [-0.39, 0.29) is 11.5 Å². The third-order valence-corrected chi connectivity index (χ3v) is 3.08. The zero-order chi connectivity index (χ0) is 13.8. The number of hydrogen-bond acceptors (Lipinski definition) is 5. The Balaban J connectivity index is 2.08. The van der Waals surface area contributed by atoms with Crippen molar-refractivity contribution in [3.05, 3.63) is 35.5 Å². The first-order valence-corrected chi connectivity index (χ1v) is 6.11. The zero-order valence-corrected chi connectivity index (χ0v) is 10.9. The fourth-order valence-corrected chi connectivity index (χ4v) is 1.67. The number of nitrogens with zero attached hydrogens (tertiary/aromatic N) is 2. The molecular formula is C13H16N4O2. The quantitative estimate of drug-likeness (QED) is 0.880. The smallest absolute Gasteiger partial charge is 0.281 e. The van der Waals surface area contributed by atoms with Crippen molar-refractivity contribution in [2.24, 2.45) is 0 Å². The minimum atomic E-state index is -0.435. The number of aromatic nitrogens is 2. The summed E-state index contributed by atoms with van der Waals surface area (Å²) in [6.07, 6.45) is 1.08. The fraction of sp³-hybridized carbons (Fsp3) is 0.308. The van der Waals surface area contributed by atoms with Crippen molar-refractivity contribution < 1.29 is 9.42 Å².